The molecule has 0 N–H and O–H groups in total. The van der Waals surface area contributed by atoms with Gasteiger partial charge in [0.25, 0.3) is 0 Å². The highest BCUT2D eigenvalue weighted by atomic mass is 16.5. The Balaban J connectivity index is 1.87. The van der Waals surface area contributed by atoms with Crippen molar-refractivity contribution >= 4 is 11.1 Å². The van der Waals surface area contributed by atoms with Crippen LogP contribution in [0.15, 0.2) is 101 Å². The van der Waals surface area contributed by atoms with E-state index in [0.29, 0.717) is 5.57 Å². The summed E-state index contributed by atoms with van der Waals surface area (Å²) in [5, 5.41) is 9.30. The SMILES string of the molecule is C=C(C#N)/C=C(\C=CC)C1=CC(c2cc3n(c2C)CCC2=CCC(OC)=C(OC)C=C23)=C(C)C=CC1. The number of nitriles is 1. The highest BCUT2D eigenvalue weighted by Gasteiger charge is 2.26. The third kappa shape index (κ3) is 4.75. The number of rotatable bonds is 6. The van der Waals surface area contributed by atoms with E-state index in [2.05, 4.69) is 73.6 Å². The number of methoxy groups -OCH3 is 2. The number of hydrogen-bond donors (Lipinski definition) is 0. The zero-order valence-electron chi connectivity index (χ0n) is 21.9. The topological polar surface area (TPSA) is 47.2 Å². The molecule has 0 spiro atoms. The molecule has 0 radical (unpaired) electrons. The van der Waals surface area contributed by atoms with Crippen LogP contribution in [-0.2, 0) is 16.0 Å². The molecule has 4 rings (SSSR count). The molecule has 4 nitrogen and oxygen atoms in total. The molecule has 0 unspecified atom stereocenters. The monoisotopic (exact) mass is 478 g/mol. The van der Waals surface area contributed by atoms with Gasteiger partial charge in [-0.3, -0.25) is 0 Å². The number of hydrogen-bond acceptors (Lipinski definition) is 3. The molecule has 1 aromatic rings. The van der Waals surface area contributed by atoms with Gasteiger partial charge in [-0.05, 0) is 85.8 Å². The van der Waals surface area contributed by atoms with Crippen molar-refractivity contribution in [3.63, 3.8) is 0 Å². The van der Waals surface area contributed by atoms with Gasteiger partial charge < -0.3 is 14.0 Å². The highest BCUT2D eigenvalue weighted by molar-refractivity contribution is 5.87. The lowest BCUT2D eigenvalue weighted by Gasteiger charge is -2.22. The predicted octanol–water partition coefficient (Wildman–Crippen LogP) is 7.66. The smallest absolute Gasteiger partial charge is 0.157 e. The van der Waals surface area contributed by atoms with Crippen molar-refractivity contribution in [3.05, 3.63) is 118 Å². The van der Waals surface area contributed by atoms with E-state index in [4.69, 9.17) is 9.47 Å². The number of allylic oxidation sites excluding steroid dienone is 15. The van der Waals surface area contributed by atoms with Gasteiger partial charge in [0.1, 0.15) is 5.76 Å². The van der Waals surface area contributed by atoms with E-state index >= 15 is 0 Å². The molecule has 2 aliphatic carbocycles. The van der Waals surface area contributed by atoms with Crippen LogP contribution in [-0.4, -0.2) is 18.8 Å². The van der Waals surface area contributed by atoms with Crippen LogP contribution < -0.4 is 0 Å². The molecule has 0 fully saturated rings. The third-order valence-electron chi connectivity index (χ3n) is 7.07. The van der Waals surface area contributed by atoms with E-state index in [-0.39, 0.29) is 0 Å². The van der Waals surface area contributed by atoms with Crippen LogP contribution in [0.5, 0.6) is 0 Å². The normalized spacial score (nSPS) is 18.0. The van der Waals surface area contributed by atoms with Crippen LogP contribution in [0.2, 0.25) is 0 Å². The standard InChI is InChI=1S/C32H34N2O2/c1-7-9-25(16-21(2)20-33)26-11-8-10-22(3)27(17-26)28-18-30-29-19-32(36-6)31(35-5)13-12-24(29)14-15-34(30)23(28)4/h7-10,12,16-19H,2,11,13-15H2,1,3-6H3/b9-7?,25-16+. The molecule has 1 aliphatic heterocycles. The number of aromatic nitrogens is 1. The van der Waals surface area contributed by atoms with Gasteiger partial charge in [0.15, 0.2) is 5.76 Å². The van der Waals surface area contributed by atoms with Gasteiger partial charge in [-0.25, -0.2) is 0 Å². The molecule has 2 heterocycles. The van der Waals surface area contributed by atoms with E-state index in [0.717, 1.165) is 42.9 Å². The summed E-state index contributed by atoms with van der Waals surface area (Å²) in [4.78, 5) is 0. The quantitative estimate of drug-likeness (QED) is 0.311. The molecule has 0 aromatic carbocycles. The fraction of sp³-hybridized carbons (Fsp3) is 0.281. The second kappa shape index (κ2) is 10.7. The zero-order chi connectivity index (χ0) is 25.8. The molecule has 0 amide bonds. The fourth-order valence-corrected chi connectivity index (χ4v) is 5.16. The van der Waals surface area contributed by atoms with E-state index in [1.807, 2.05) is 19.1 Å². The van der Waals surface area contributed by atoms with E-state index in [9.17, 15) is 5.26 Å². The molecule has 1 aromatic heterocycles. The van der Waals surface area contributed by atoms with Gasteiger partial charge >= 0.3 is 0 Å². The van der Waals surface area contributed by atoms with Gasteiger partial charge in [-0.15, -0.1) is 0 Å². The van der Waals surface area contributed by atoms with Crippen molar-refractivity contribution in [2.45, 2.75) is 46.6 Å². The molecular formula is C32H34N2O2. The number of nitrogens with zero attached hydrogens (tertiary/aromatic N) is 2. The first-order valence-electron chi connectivity index (χ1n) is 12.4. The Hall–Kier alpha value is -3.97. The first-order chi connectivity index (χ1) is 17.4. The second-order valence-corrected chi connectivity index (χ2v) is 9.23. The molecule has 0 saturated heterocycles. The van der Waals surface area contributed by atoms with Crippen LogP contribution in [0.1, 0.15) is 50.1 Å². The first-order valence-corrected chi connectivity index (χ1v) is 12.4. The van der Waals surface area contributed by atoms with Gasteiger partial charge in [0, 0.05) is 41.1 Å². The summed E-state index contributed by atoms with van der Waals surface area (Å²) < 4.78 is 13.7. The summed E-state index contributed by atoms with van der Waals surface area (Å²) in [6.07, 6.45) is 19.5. The largest absolute Gasteiger partial charge is 0.497 e. The highest BCUT2D eigenvalue weighted by Crippen LogP contribution is 2.41. The Morgan fingerprint density at radius 1 is 1.17 bits per heavy atom. The Morgan fingerprint density at radius 2 is 1.97 bits per heavy atom. The zero-order valence-corrected chi connectivity index (χ0v) is 21.9. The minimum absolute atomic E-state index is 0.451. The number of fused-ring (bicyclic) bond motifs is 3. The average Bonchev–Trinajstić information content (AvgIpc) is 3.01. The molecule has 184 valence electrons. The fourth-order valence-electron chi connectivity index (χ4n) is 5.16. The summed E-state index contributed by atoms with van der Waals surface area (Å²) in [7, 11) is 3.40. The Bertz CT molecular complexity index is 1390. The minimum Gasteiger partial charge on any atom is -0.497 e. The molecule has 36 heavy (non-hydrogen) atoms. The maximum atomic E-state index is 9.30. The molecule has 0 atom stereocenters. The Morgan fingerprint density at radius 3 is 2.67 bits per heavy atom. The van der Waals surface area contributed by atoms with Crippen molar-refractivity contribution < 1.29 is 9.47 Å². The van der Waals surface area contributed by atoms with Crippen molar-refractivity contribution in [3.8, 4) is 6.07 Å². The van der Waals surface area contributed by atoms with Gasteiger partial charge in [-0.2, -0.15) is 5.26 Å². The summed E-state index contributed by atoms with van der Waals surface area (Å²) in [6.45, 7) is 11.2. The number of ether oxygens (including phenoxy) is 2. The van der Waals surface area contributed by atoms with Crippen molar-refractivity contribution in [2.75, 3.05) is 14.2 Å². The van der Waals surface area contributed by atoms with Crippen molar-refractivity contribution in [1.82, 2.24) is 4.57 Å². The van der Waals surface area contributed by atoms with E-state index in [1.54, 1.807) is 14.2 Å². The van der Waals surface area contributed by atoms with Gasteiger partial charge in [-0.1, -0.05) is 37.0 Å². The second-order valence-electron chi connectivity index (χ2n) is 9.23. The lowest BCUT2D eigenvalue weighted by molar-refractivity contribution is 0.227. The Kier molecular flexibility index (Phi) is 7.50. The van der Waals surface area contributed by atoms with Gasteiger partial charge in [0.2, 0.25) is 0 Å². The van der Waals surface area contributed by atoms with Crippen molar-refractivity contribution in [1.29, 1.82) is 5.26 Å². The lowest BCUT2D eigenvalue weighted by atomic mass is 9.94. The van der Waals surface area contributed by atoms with E-state index in [1.165, 1.54) is 44.8 Å². The maximum Gasteiger partial charge on any atom is 0.157 e. The summed E-state index contributed by atoms with van der Waals surface area (Å²) in [6, 6.07) is 4.47. The summed E-state index contributed by atoms with van der Waals surface area (Å²) >= 11 is 0. The van der Waals surface area contributed by atoms with E-state index < -0.39 is 0 Å². The Labute approximate surface area is 214 Å². The molecular weight excluding hydrogens is 444 g/mol. The lowest BCUT2D eigenvalue weighted by Crippen LogP contribution is -2.12. The molecule has 3 aliphatic rings. The third-order valence-corrected chi connectivity index (χ3v) is 7.07. The van der Waals surface area contributed by atoms with Crippen LogP contribution in [0.3, 0.4) is 0 Å². The molecule has 0 bridgehead atoms. The van der Waals surface area contributed by atoms with Gasteiger partial charge in [0.05, 0.1) is 20.3 Å². The molecule has 0 saturated carbocycles. The molecule has 4 heteroatoms. The minimum atomic E-state index is 0.451. The van der Waals surface area contributed by atoms with Crippen LogP contribution in [0, 0.1) is 18.3 Å². The van der Waals surface area contributed by atoms with Crippen LogP contribution in [0.25, 0.3) is 11.1 Å². The van der Waals surface area contributed by atoms with Crippen LogP contribution >= 0.6 is 0 Å². The van der Waals surface area contributed by atoms with Crippen LogP contribution in [0.4, 0.5) is 0 Å². The maximum absolute atomic E-state index is 9.30. The van der Waals surface area contributed by atoms with Crippen molar-refractivity contribution in [2.24, 2.45) is 0 Å². The summed E-state index contributed by atoms with van der Waals surface area (Å²) in [5.41, 5.74) is 11.3. The average molecular weight is 479 g/mol. The summed E-state index contributed by atoms with van der Waals surface area (Å²) in [5.74, 6) is 1.63. The first kappa shape index (κ1) is 25.1. The predicted molar refractivity (Wildman–Crippen MR) is 148 cm³/mol.